The molecule has 0 spiro atoms. The molecule has 0 aliphatic carbocycles. The molecular formula is C48H93NO5. The molecule has 6 nitrogen and oxygen atoms in total. The number of hydrogen-bond donors (Lipinski definition) is 3. The number of esters is 1. The summed E-state index contributed by atoms with van der Waals surface area (Å²) in [5.41, 5.74) is 0. The molecule has 1 amide bonds. The normalized spacial score (nSPS) is 13.4. The second kappa shape index (κ2) is 42.7. The molecule has 0 aliphatic rings. The minimum atomic E-state index is -0.780. The van der Waals surface area contributed by atoms with Crippen LogP contribution in [0.5, 0.6) is 0 Å². The van der Waals surface area contributed by atoms with Crippen LogP contribution in [0.4, 0.5) is 0 Å². The van der Waals surface area contributed by atoms with Gasteiger partial charge >= 0.3 is 5.97 Å². The molecular weight excluding hydrogens is 671 g/mol. The highest BCUT2D eigenvalue weighted by Crippen LogP contribution is 2.18. The molecule has 320 valence electrons. The van der Waals surface area contributed by atoms with Crippen LogP contribution in [0, 0.1) is 0 Å². The first kappa shape index (κ1) is 52.6. The zero-order valence-corrected chi connectivity index (χ0v) is 36.4. The van der Waals surface area contributed by atoms with Crippen LogP contribution < -0.4 is 5.32 Å². The van der Waals surface area contributed by atoms with Crippen LogP contribution in [0.3, 0.4) is 0 Å². The van der Waals surface area contributed by atoms with Crippen molar-refractivity contribution in [2.75, 3.05) is 6.61 Å². The molecule has 0 heterocycles. The first-order valence-electron chi connectivity index (χ1n) is 23.9. The maximum atomic E-state index is 13.1. The smallest absolute Gasteiger partial charge is 0.306 e. The molecule has 3 atom stereocenters. The quantitative estimate of drug-likeness (QED) is 0.0326. The summed E-state index contributed by atoms with van der Waals surface area (Å²) in [5.74, 6) is -0.477. The van der Waals surface area contributed by atoms with Crippen LogP contribution in [0.15, 0.2) is 12.2 Å². The molecule has 0 bridgehead atoms. The highest BCUT2D eigenvalue weighted by molar-refractivity contribution is 5.77. The highest BCUT2D eigenvalue weighted by atomic mass is 16.5. The molecule has 0 aromatic heterocycles. The van der Waals surface area contributed by atoms with E-state index in [-0.39, 0.29) is 24.9 Å². The molecule has 0 aromatic carbocycles. The Hall–Kier alpha value is -1.40. The van der Waals surface area contributed by atoms with Gasteiger partial charge in [-0.25, -0.2) is 0 Å². The van der Waals surface area contributed by atoms with Gasteiger partial charge in [-0.15, -0.1) is 0 Å². The van der Waals surface area contributed by atoms with Gasteiger partial charge in [-0.2, -0.15) is 0 Å². The fraction of sp³-hybridized carbons (Fsp3) is 0.917. The van der Waals surface area contributed by atoms with Gasteiger partial charge in [-0.3, -0.25) is 9.59 Å². The summed E-state index contributed by atoms with van der Waals surface area (Å²) in [6.07, 6.45) is 45.7. The lowest BCUT2D eigenvalue weighted by atomic mass is 10.0. The third-order valence-electron chi connectivity index (χ3n) is 11.1. The number of unbranched alkanes of at least 4 members (excludes halogenated alkanes) is 29. The van der Waals surface area contributed by atoms with E-state index in [1.165, 1.54) is 161 Å². The molecule has 0 radical (unpaired) electrons. The fourth-order valence-electron chi connectivity index (χ4n) is 7.43. The highest BCUT2D eigenvalue weighted by Gasteiger charge is 2.24. The van der Waals surface area contributed by atoms with E-state index >= 15 is 0 Å². The molecule has 0 aromatic rings. The van der Waals surface area contributed by atoms with Crippen molar-refractivity contribution < 1.29 is 24.5 Å². The van der Waals surface area contributed by atoms with E-state index in [9.17, 15) is 19.8 Å². The Morgan fingerprint density at radius 2 is 0.889 bits per heavy atom. The van der Waals surface area contributed by atoms with E-state index in [4.69, 9.17) is 4.74 Å². The molecule has 3 N–H and O–H groups in total. The van der Waals surface area contributed by atoms with Gasteiger partial charge in [0.25, 0.3) is 0 Å². The SMILES string of the molecule is CCCCCCCCC/C=C/CCCCCCCC(=O)OC(CCCCCCCCC)CC(=O)NC(CO)C(O)CCCCCCCCCCCCCC. The van der Waals surface area contributed by atoms with Crippen molar-refractivity contribution in [3.8, 4) is 0 Å². The van der Waals surface area contributed by atoms with Crippen molar-refractivity contribution >= 4 is 11.9 Å². The maximum Gasteiger partial charge on any atom is 0.306 e. The number of nitrogens with one attached hydrogen (secondary N) is 1. The summed E-state index contributed by atoms with van der Waals surface area (Å²) in [7, 11) is 0. The fourth-order valence-corrected chi connectivity index (χ4v) is 7.43. The Bertz CT molecular complexity index is 817. The average Bonchev–Trinajstić information content (AvgIpc) is 3.16. The Morgan fingerprint density at radius 1 is 0.519 bits per heavy atom. The van der Waals surface area contributed by atoms with E-state index in [0.717, 1.165) is 51.4 Å². The minimum absolute atomic E-state index is 0.0792. The lowest BCUT2D eigenvalue weighted by molar-refractivity contribution is -0.151. The standard InChI is InChI=1S/C48H93NO5/c1-4-7-10-13-16-18-20-22-23-24-25-27-29-32-35-38-41-48(53)54-44(39-36-33-30-15-12-9-6-3)42-47(52)49-45(43-50)46(51)40-37-34-31-28-26-21-19-17-14-11-8-5-2/h23-24,44-46,50-51H,4-22,25-43H2,1-3H3,(H,49,52)/b24-23+. The summed E-state index contributed by atoms with van der Waals surface area (Å²) in [5, 5.41) is 23.6. The van der Waals surface area contributed by atoms with E-state index in [1.54, 1.807) is 0 Å². The molecule has 0 aliphatic heterocycles. The molecule has 0 fully saturated rings. The Labute approximate surface area is 336 Å². The monoisotopic (exact) mass is 764 g/mol. The summed E-state index contributed by atoms with van der Waals surface area (Å²) in [6, 6.07) is -0.694. The largest absolute Gasteiger partial charge is 0.462 e. The minimum Gasteiger partial charge on any atom is -0.462 e. The van der Waals surface area contributed by atoms with Crippen molar-refractivity contribution in [3.63, 3.8) is 0 Å². The van der Waals surface area contributed by atoms with Crippen LogP contribution in [0.2, 0.25) is 0 Å². The lowest BCUT2D eigenvalue weighted by Gasteiger charge is -2.24. The average molecular weight is 764 g/mol. The number of carbonyl (C=O) groups is 2. The van der Waals surface area contributed by atoms with Gasteiger partial charge < -0.3 is 20.3 Å². The van der Waals surface area contributed by atoms with Crippen molar-refractivity contribution in [1.82, 2.24) is 5.32 Å². The zero-order chi connectivity index (χ0) is 39.6. The number of carbonyl (C=O) groups excluding carboxylic acids is 2. The second-order valence-corrected chi connectivity index (χ2v) is 16.5. The van der Waals surface area contributed by atoms with E-state index in [0.29, 0.717) is 19.3 Å². The molecule has 0 saturated heterocycles. The molecule has 0 saturated carbocycles. The zero-order valence-electron chi connectivity index (χ0n) is 36.4. The van der Waals surface area contributed by atoms with Crippen molar-refractivity contribution in [2.45, 2.75) is 277 Å². The van der Waals surface area contributed by atoms with Crippen molar-refractivity contribution in [1.29, 1.82) is 0 Å². The van der Waals surface area contributed by atoms with Crippen LogP contribution in [0.25, 0.3) is 0 Å². The number of aliphatic hydroxyl groups excluding tert-OH is 2. The van der Waals surface area contributed by atoms with Crippen LogP contribution in [0.1, 0.15) is 258 Å². The number of amides is 1. The third-order valence-corrected chi connectivity index (χ3v) is 11.1. The maximum absolute atomic E-state index is 13.1. The number of allylic oxidation sites excluding steroid dienone is 2. The van der Waals surface area contributed by atoms with Gasteiger partial charge in [0.2, 0.25) is 5.91 Å². The van der Waals surface area contributed by atoms with Crippen LogP contribution in [-0.4, -0.2) is 46.9 Å². The third kappa shape index (κ3) is 37.5. The van der Waals surface area contributed by atoms with Crippen molar-refractivity contribution in [2.24, 2.45) is 0 Å². The van der Waals surface area contributed by atoms with Gasteiger partial charge in [-0.05, 0) is 51.4 Å². The first-order valence-corrected chi connectivity index (χ1v) is 23.9. The van der Waals surface area contributed by atoms with Crippen LogP contribution in [-0.2, 0) is 14.3 Å². The summed E-state index contributed by atoms with van der Waals surface area (Å²) >= 11 is 0. The van der Waals surface area contributed by atoms with Gasteiger partial charge in [0.1, 0.15) is 6.10 Å². The molecule has 54 heavy (non-hydrogen) atoms. The van der Waals surface area contributed by atoms with E-state index in [1.807, 2.05) is 0 Å². The Balaban J connectivity index is 4.39. The number of aliphatic hydroxyl groups is 2. The number of hydrogen-bond acceptors (Lipinski definition) is 5. The Kier molecular flexibility index (Phi) is 41.6. The van der Waals surface area contributed by atoms with E-state index < -0.39 is 18.2 Å². The predicted molar refractivity (Wildman–Crippen MR) is 232 cm³/mol. The second-order valence-electron chi connectivity index (χ2n) is 16.5. The first-order chi connectivity index (χ1) is 26.5. The molecule has 3 unspecified atom stereocenters. The van der Waals surface area contributed by atoms with Crippen LogP contribution >= 0.6 is 0 Å². The predicted octanol–water partition coefficient (Wildman–Crippen LogP) is 13.8. The van der Waals surface area contributed by atoms with Crippen molar-refractivity contribution in [3.05, 3.63) is 12.2 Å². The van der Waals surface area contributed by atoms with E-state index in [2.05, 4.69) is 38.2 Å². The van der Waals surface area contributed by atoms with Gasteiger partial charge in [0.05, 0.1) is 25.2 Å². The summed E-state index contributed by atoms with van der Waals surface area (Å²) in [6.45, 7) is 6.45. The summed E-state index contributed by atoms with van der Waals surface area (Å²) < 4.78 is 5.88. The number of ether oxygens (including phenoxy) is 1. The Morgan fingerprint density at radius 3 is 1.31 bits per heavy atom. The lowest BCUT2D eigenvalue weighted by Crippen LogP contribution is -2.46. The molecule has 6 heteroatoms. The topological polar surface area (TPSA) is 95.9 Å². The number of rotatable bonds is 43. The van der Waals surface area contributed by atoms with Gasteiger partial charge in [0, 0.05) is 6.42 Å². The van der Waals surface area contributed by atoms with Gasteiger partial charge in [0.15, 0.2) is 0 Å². The van der Waals surface area contributed by atoms with Gasteiger partial charge in [-0.1, -0.05) is 206 Å². The summed E-state index contributed by atoms with van der Waals surface area (Å²) in [4.78, 5) is 25.9. The molecule has 0 rings (SSSR count).